The van der Waals surface area contributed by atoms with Gasteiger partial charge in [0.1, 0.15) is 29.7 Å². The molecule has 6 amide bonds. The number of benzene rings is 1. The van der Waals surface area contributed by atoms with Crippen molar-refractivity contribution in [3.63, 3.8) is 0 Å². The summed E-state index contributed by atoms with van der Waals surface area (Å²) in [5, 5.41) is 20.1. The molecule has 0 bridgehead atoms. The monoisotopic (exact) mass is 832 g/mol. The van der Waals surface area contributed by atoms with Gasteiger partial charge in [0.25, 0.3) is 17.7 Å². The maximum atomic E-state index is 13.9. The van der Waals surface area contributed by atoms with E-state index in [-0.39, 0.29) is 41.8 Å². The predicted octanol–water partition coefficient (Wildman–Crippen LogP) is 3.43. The number of amides is 6. The number of imide groups is 2. The molecule has 0 radical (unpaired) electrons. The van der Waals surface area contributed by atoms with Crippen molar-refractivity contribution < 1.29 is 28.8 Å². The van der Waals surface area contributed by atoms with Crippen LogP contribution in [0.5, 0.6) is 0 Å². The lowest BCUT2D eigenvalue weighted by Gasteiger charge is -2.27. The molecule has 1 unspecified atom stereocenters. The van der Waals surface area contributed by atoms with Crippen LogP contribution in [-0.2, 0) is 34.0 Å². The number of hydrogen-bond acceptors (Lipinski definition) is 13. The quantitative estimate of drug-likeness (QED) is 0.0788. The number of unbranched alkanes of at least 4 members (excludes halogenated alkanes) is 3. The highest BCUT2D eigenvalue weighted by Gasteiger charge is 2.45. The SMILES string of the molecule is CCn1cnnc1-c1cccc(N2Cc3c(cc(N(C)C(C)C)nc3CNCCNC(=O)CCCCCCNc3cccc4c3C(=O)N(C3CCC(=O)NC3=O)C4=O)C2=O)n1. The fourth-order valence-corrected chi connectivity index (χ4v) is 7.75. The van der Waals surface area contributed by atoms with Crippen molar-refractivity contribution in [2.24, 2.45) is 0 Å². The van der Waals surface area contributed by atoms with Gasteiger partial charge in [0.05, 0.1) is 28.9 Å². The Kier molecular flexibility index (Phi) is 13.1. The lowest BCUT2D eigenvalue weighted by atomic mass is 10.0. The van der Waals surface area contributed by atoms with Crippen molar-refractivity contribution in [2.45, 2.75) is 97.4 Å². The molecule has 1 fully saturated rings. The second-order valence-electron chi connectivity index (χ2n) is 15.7. The van der Waals surface area contributed by atoms with Crippen molar-refractivity contribution in [2.75, 3.05) is 41.8 Å². The first-order chi connectivity index (χ1) is 29.5. The van der Waals surface area contributed by atoms with Crippen LogP contribution in [0.4, 0.5) is 17.3 Å². The third-order valence-corrected chi connectivity index (χ3v) is 11.4. The summed E-state index contributed by atoms with van der Waals surface area (Å²) in [6.45, 7) is 9.08. The summed E-state index contributed by atoms with van der Waals surface area (Å²) in [5.41, 5.74) is 3.83. The summed E-state index contributed by atoms with van der Waals surface area (Å²) in [6.07, 6.45) is 5.43. The topological polar surface area (TPSA) is 217 Å². The van der Waals surface area contributed by atoms with Crippen LogP contribution in [-0.4, -0.2) is 104 Å². The molecule has 4 N–H and O–H groups in total. The van der Waals surface area contributed by atoms with Crippen molar-refractivity contribution in [1.29, 1.82) is 0 Å². The van der Waals surface area contributed by atoms with Crippen LogP contribution in [0.3, 0.4) is 0 Å². The standard InChI is InChI=1S/C43H52N12O6/c1-5-53-25-47-51-39(53)31-14-11-15-34(48-31)54-24-29-28(41(54)59)22-35(52(4)26(2)3)49-32(29)23-44-20-21-46-36(56)16-8-6-7-9-19-45-30-13-10-12-27-38(30)43(61)55(42(27)60)33-17-18-37(57)50-40(33)58/h10-15,22,25-26,33,44-45H,5-9,16-21,23-24H2,1-4H3,(H,46,56)(H,50,57,58). The number of piperidine rings is 1. The summed E-state index contributed by atoms with van der Waals surface area (Å²) >= 11 is 0. The minimum absolute atomic E-state index is 0.0313. The Balaban J connectivity index is 0.844. The lowest BCUT2D eigenvalue weighted by Crippen LogP contribution is -2.54. The molecule has 7 rings (SSSR count). The van der Waals surface area contributed by atoms with Gasteiger partial charge in [0, 0.05) is 69.9 Å². The van der Waals surface area contributed by atoms with Crippen LogP contribution in [0.25, 0.3) is 11.5 Å². The number of fused-ring (bicyclic) bond motifs is 2. The van der Waals surface area contributed by atoms with E-state index < -0.39 is 29.7 Å². The summed E-state index contributed by atoms with van der Waals surface area (Å²) in [4.78, 5) is 91.4. The number of pyridine rings is 2. The minimum Gasteiger partial charge on any atom is -0.384 e. The number of aromatic nitrogens is 5. The van der Waals surface area contributed by atoms with Crippen molar-refractivity contribution in [1.82, 2.24) is 45.6 Å². The Morgan fingerprint density at radius 2 is 1.74 bits per heavy atom. The van der Waals surface area contributed by atoms with Gasteiger partial charge in [-0.3, -0.25) is 43.9 Å². The van der Waals surface area contributed by atoms with Crippen LogP contribution in [0.1, 0.15) is 108 Å². The highest BCUT2D eigenvalue weighted by Crippen LogP contribution is 2.34. The van der Waals surface area contributed by atoms with Crippen LogP contribution >= 0.6 is 0 Å². The second-order valence-corrected chi connectivity index (χ2v) is 15.7. The molecular weight excluding hydrogens is 781 g/mol. The van der Waals surface area contributed by atoms with E-state index in [1.165, 1.54) is 0 Å². The molecule has 18 heteroatoms. The number of nitrogens with one attached hydrogen (secondary N) is 4. The summed E-state index contributed by atoms with van der Waals surface area (Å²) < 4.78 is 1.90. The largest absolute Gasteiger partial charge is 0.384 e. The first kappa shape index (κ1) is 42.6. The van der Waals surface area contributed by atoms with E-state index in [1.54, 1.807) is 29.4 Å². The lowest BCUT2D eigenvalue weighted by molar-refractivity contribution is -0.136. The molecule has 1 aromatic carbocycles. The molecule has 18 nitrogen and oxygen atoms in total. The third kappa shape index (κ3) is 9.13. The second kappa shape index (κ2) is 18.8. The van der Waals surface area contributed by atoms with Gasteiger partial charge in [-0.25, -0.2) is 9.97 Å². The van der Waals surface area contributed by atoms with Gasteiger partial charge < -0.3 is 25.4 Å². The first-order valence-corrected chi connectivity index (χ1v) is 20.9. The number of hydrogen-bond donors (Lipinski definition) is 4. The number of carbonyl (C=O) groups excluding carboxylic acids is 6. The number of anilines is 3. The molecular formula is C43H52N12O6. The molecule has 4 aromatic rings. The normalized spacial score (nSPS) is 16.0. The highest BCUT2D eigenvalue weighted by molar-refractivity contribution is 6.25. The first-order valence-electron chi connectivity index (χ1n) is 20.9. The smallest absolute Gasteiger partial charge is 0.264 e. The molecule has 0 aliphatic carbocycles. The molecule has 3 aliphatic rings. The Bertz CT molecular complexity index is 2340. The highest BCUT2D eigenvalue weighted by atomic mass is 16.2. The zero-order valence-corrected chi connectivity index (χ0v) is 35.0. The van der Waals surface area contributed by atoms with E-state index in [2.05, 4.69) is 45.3 Å². The Hall–Kier alpha value is -6.56. The predicted molar refractivity (Wildman–Crippen MR) is 227 cm³/mol. The molecule has 1 saturated heterocycles. The van der Waals surface area contributed by atoms with Crippen molar-refractivity contribution in [3.8, 4) is 11.5 Å². The third-order valence-electron chi connectivity index (χ3n) is 11.4. The maximum absolute atomic E-state index is 13.9. The minimum atomic E-state index is -1.01. The van der Waals surface area contributed by atoms with E-state index in [4.69, 9.17) is 9.97 Å². The zero-order valence-electron chi connectivity index (χ0n) is 35.0. The molecule has 3 aromatic heterocycles. The van der Waals surface area contributed by atoms with Gasteiger partial charge in [-0.2, -0.15) is 0 Å². The number of rotatable bonds is 19. The van der Waals surface area contributed by atoms with Gasteiger partial charge in [-0.05, 0) is 70.4 Å². The van der Waals surface area contributed by atoms with E-state index in [0.717, 1.165) is 41.8 Å². The molecule has 0 saturated carbocycles. The summed E-state index contributed by atoms with van der Waals surface area (Å²) in [6, 6.07) is 11.5. The Morgan fingerprint density at radius 3 is 2.52 bits per heavy atom. The van der Waals surface area contributed by atoms with E-state index >= 15 is 0 Å². The Labute approximate surface area is 353 Å². The molecule has 1 atom stereocenters. The molecule has 320 valence electrons. The van der Waals surface area contributed by atoms with Crippen LogP contribution in [0.2, 0.25) is 0 Å². The Morgan fingerprint density at radius 1 is 0.934 bits per heavy atom. The van der Waals surface area contributed by atoms with Crippen LogP contribution < -0.4 is 31.1 Å². The average Bonchev–Trinajstić information content (AvgIpc) is 3.94. The zero-order chi connectivity index (χ0) is 43.2. The summed E-state index contributed by atoms with van der Waals surface area (Å²) in [5.74, 6) is -0.453. The number of aryl methyl sites for hydroxylation is 1. The molecule has 3 aliphatic heterocycles. The van der Waals surface area contributed by atoms with Crippen molar-refractivity contribution >= 4 is 52.8 Å². The molecule has 61 heavy (non-hydrogen) atoms. The summed E-state index contributed by atoms with van der Waals surface area (Å²) in [7, 11) is 1.96. The maximum Gasteiger partial charge on any atom is 0.264 e. The van der Waals surface area contributed by atoms with Crippen molar-refractivity contribution in [3.05, 3.63) is 76.7 Å². The van der Waals surface area contributed by atoms with E-state index in [9.17, 15) is 28.8 Å². The van der Waals surface area contributed by atoms with Gasteiger partial charge in [0.2, 0.25) is 17.7 Å². The van der Waals surface area contributed by atoms with Crippen LogP contribution in [0, 0.1) is 0 Å². The van der Waals surface area contributed by atoms with E-state index in [0.29, 0.717) is 80.1 Å². The number of nitrogens with zero attached hydrogens (tertiary/aromatic N) is 8. The fraction of sp³-hybridized carbons (Fsp3) is 0.442. The molecule has 0 spiro atoms. The number of carbonyl (C=O) groups is 6. The van der Waals surface area contributed by atoms with Gasteiger partial charge >= 0.3 is 0 Å². The van der Waals surface area contributed by atoms with Gasteiger partial charge in [0.15, 0.2) is 5.82 Å². The van der Waals surface area contributed by atoms with Gasteiger partial charge in [-0.15, -0.1) is 10.2 Å². The molecule has 6 heterocycles. The van der Waals surface area contributed by atoms with E-state index in [1.807, 2.05) is 47.7 Å². The average molecular weight is 833 g/mol. The van der Waals surface area contributed by atoms with Gasteiger partial charge in [-0.1, -0.05) is 25.0 Å². The van der Waals surface area contributed by atoms with Crippen LogP contribution in [0.15, 0.2) is 48.8 Å². The fourth-order valence-electron chi connectivity index (χ4n) is 7.75.